The molecule has 3 heterocycles. The van der Waals surface area contributed by atoms with Gasteiger partial charge in [-0.1, -0.05) is 0 Å². The molecule has 1 amide bonds. The number of carbonyl (C=O) groups is 1. The molecule has 0 saturated carbocycles. The van der Waals surface area contributed by atoms with Gasteiger partial charge in [-0.15, -0.1) is 0 Å². The van der Waals surface area contributed by atoms with E-state index in [9.17, 15) is 9.59 Å². The molecule has 0 spiro atoms. The van der Waals surface area contributed by atoms with Crippen LogP contribution in [0.2, 0.25) is 0 Å². The summed E-state index contributed by atoms with van der Waals surface area (Å²) < 4.78 is 1.75. The molecule has 6 nitrogen and oxygen atoms in total. The van der Waals surface area contributed by atoms with Gasteiger partial charge in [-0.05, 0) is 45.4 Å². The summed E-state index contributed by atoms with van der Waals surface area (Å²) in [6, 6.07) is 6.91. The van der Waals surface area contributed by atoms with Crippen molar-refractivity contribution in [3.8, 4) is 5.82 Å². The van der Waals surface area contributed by atoms with Crippen molar-refractivity contribution in [2.24, 2.45) is 0 Å². The number of aromatic nitrogens is 2. The van der Waals surface area contributed by atoms with E-state index in [1.54, 1.807) is 23.2 Å². The summed E-state index contributed by atoms with van der Waals surface area (Å²) in [5.74, 6) is 0.719. The minimum absolute atomic E-state index is 0.0270. The summed E-state index contributed by atoms with van der Waals surface area (Å²) in [6.07, 6.45) is 6.93. The van der Waals surface area contributed by atoms with Gasteiger partial charge in [0.05, 0.1) is 17.9 Å². The van der Waals surface area contributed by atoms with E-state index in [0.717, 1.165) is 19.4 Å². The normalized spacial score (nSPS) is 18.0. The van der Waals surface area contributed by atoms with Crippen LogP contribution in [0.5, 0.6) is 0 Å². The molecule has 1 aliphatic heterocycles. The highest BCUT2D eigenvalue weighted by molar-refractivity contribution is 5.94. The van der Waals surface area contributed by atoms with Crippen LogP contribution in [0.25, 0.3) is 5.82 Å². The molecule has 0 aliphatic carbocycles. The Morgan fingerprint density at radius 2 is 2.00 bits per heavy atom. The summed E-state index contributed by atoms with van der Waals surface area (Å²) in [4.78, 5) is 30.2. The Morgan fingerprint density at radius 1 is 1.25 bits per heavy atom. The molecule has 1 saturated heterocycles. The van der Waals surface area contributed by atoms with E-state index in [0.29, 0.717) is 17.5 Å². The molecule has 126 valence electrons. The number of rotatable bonds is 4. The summed E-state index contributed by atoms with van der Waals surface area (Å²) in [5, 5.41) is 2.95. The van der Waals surface area contributed by atoms with Gasteiger partial charge in [0.15, 0.2) is 5.43 Å². The van der Waals surface area contributed by atoms with Crippen LogP contribution in [-0.4, -0.2) is 39.0 Å². The van der Waals surface area contributed by atoms with Gasteiger partial charge in [0.2, 0.25) is 5.91 Å². The number of likely N-dealkylation sites (tertiary alicyclic amines) is 1. The van der Waals surface area contributed by atoms with Gasteiger partial charge in [0, 0.05) is 30.6 Å². The van der Waals surface area contributed by atoms with E-state index in [1.165, 1.54) is 12.1 Å². The SMILES string of the molecule is CC(C)N1CCCC1C(=O)Nc1ccc(-n2ccc(=O)cc2)nc1. The van der Waals surface area contributed by atoms with Crippen LogP contribution in [0.4, 0.5) is 5.69 Å². The lowest BCUT2D eigenvalue weighted by Gasteiger charge is -2.27. The van der Waals surface area contributed by atoms with Crippen LogP contribution in [0.1, 0.15) is 26.7 Å². The van der Waals surface area contributed by atoms with Crippen molar-refractivity contribution in [3.05, 3.63) is 53.1 Å². The van der Waals surface area contributed by atoms with Crippen molar-refractivity contribution >= 4 is 11.6 Å². The molecular formula is C18H22N4O2. The number of carbonyl (C=O) groups excluding carboxylic acids is 1. The van der Waals surface area contributed by atoms with Crippen LogP contribution >= 0.6 is 0 Å². The van der Waals surface area contributed by atoms with Crippen molar-refractivity contribution in [1.29, 1.82) is 0 Å². The summed E-state index contributed by atoms with van der Waals surface area (Å²) in [7, 11) is 0. The maximum atomic E-state index is 12.5. The van der Waals surface area contributed by atoms with Gasteiger partial charge in [-0.3, -0.25) is 14.5 Å². The molecule has 0 bridgehead atoms. The third-order valence-corrected chi connectivity index (χ3v) is 4.34. The third-order valence-electron chi connectivity index (χ3n) is 4.34. The Balaban J connectivity index is 1.69. The Hall–Kier alpha value is -2.47. The second-order valence-corrected chi connectivity index (χ2v) is 6.33. The summed E-state index contributed by atoms with van der Waals surface area (Å²) >= 11 is 0. The van der Waals surface area contributed by atoms with Crippen LogP contribution < -0.4 is 10.7 Å². The van der Waals surface area contributed by atoms with Crippen LogP contribution in [-0.2, 0) is 4.79 Å². The largest absolute Gasteiger partial charge is 0.323 e. The number of hydrogen-bond donors (Lipinski definition) is 1. The molecule has 24 heavy (non-hydrogen) atoms. The van der Waals surface area contributed by atoms with Crippen molar-refractivity contribution in [1.82, 2.24) is 14.5 Å². The fourth-order valence-corrected chi connectivity index (χ4v) is 3.09. The highest BCUT2D eigenvalue weighted by Crippen LogP contribution is 2.21. The lowest BCUT2D eigenvalue weighted by Crippen LogP contribution is -2.43. The molecule has 1 fully saturated rings. The summed E-state index contributed by atoms with van der Waals surface area (Å²) in [5.41, 5.74) is 0.641. The standard InChI is InChI=1S/C18H22N4O2/c1-13(2)22-9-3-4-16(22)18(24)20-14-5-6-17(19-12-14)21-10-7-15(23)8-11-21/h5-8,10-13,16H,3-4,9H2,1-2H3,(H,20,24). The number of nitrogens with zero attached hydrogens (tertiary/aromatic N) is 3. The predicted octanol–water partition coefficient (Wildman–Crippen LogP) is 2.04. The van der Waals surface area contributed by atoms with E-state index in [-0.39, 0.29) is 17.4 Å². The lowest BCUT2D eigenvalue weighted by molar-refractivity contribution is -0.120. The average molecular weight is 326 g/mol. The topological polar surface area (TPSA) is 67.2 Å². The molecule has 0 aromatic carbocycles. The van der Waals surface area contributed by atoms with Crippen molar-refractivity contribution in [3.63, 3.8) is 0 Å². The fraction of sp³-hybridized carbons (Fsp3) is 0.389. The second kappa shape index (κ2) is 6.97. The highest BCUT2D eigenvalue weighted by atomic mass is 16.2. The Bertz CT molecular complexity index is 747. The molecular weight excluding hydrogens is 304 g/mol. The number of amides is 1. The van der Waals surface area contributed by atoms with Crippen molar-refractivity contribution in [2.75, 3.05) is 11.9 Å². The molecule has 1 atom stereocenters. The minimum Gasteiger partial charge on any atom is -0.323 e. The Labute approximate surface area is 141 Å². The van der Waals surface area contributed by atoms with Gasteiger partial charge in [0.1, 0.15) is 5.82 Å². The van der Waals surface area contributed by atoms with E-state index in [1.807, 2.05) is 12.1 Å². The molecule has 2 aromatic rings. The molecule has 1 unspecified atom stereocenters. The van der Waals surface area contributed by atoms with E-state index in [4.69, 9.17) is 0 Å². The number of hydrogen-bond acceptors (Lipinski definition) is 4. The van der Waals surface area contributed by atoms with Crippen LogP contribution in [0.3, 0.4) is 0 Å². The predicted molar refractivity (Wildman–Crippen MR) is 93.3 cm³/mol. The molecule has 0 radical (unpaired) electrons. The molecule has 3 rings (SSSR count). The van der Waals surface area contributed by atoms with Gasteiger partial charge in [0.25, 0.3) is 0 Å². The maximum Gasteiger partial charge on any atom is 0.241 e. The third kappa shape index (κ3) is 3.54. The van der Waals surface area contributed by atoms with Gasteiger partial charge >= 0.3 is 0 Å². The first-order valence-electron chi connectivity index (χ1n) is 8.26. The van der Waals surface area contributed by atoms with Crippen molar-refractivity contribution < 1.29 is 4.79 Å². The van der Waals surface area contributed by atoms with E-state index < -0.39 is 0 Å². The van der Waals surface area contributed by atoms with E-state index >= 15 is 0 Å². The second-order valence-electron chi connectivity index (χ2n) is 6.33. The van der Waals surface area contributed by atoms with Gasteiger partial charge < -0.3 is 9.88 Å². The quantitative estimate of drug-likeness (QED) is 0.934. The molecule has 1 aliphatic rings. The zero-order valence-corrected chi connectivity index (χ0v) is 14.0. The first kappa shape index (κ1) is 16.4. The van der Waals surface area contributed by atoms with Gasteiger partial charge in [-0.25, -0.2) is 4.98 Å². The highest BCUT2D eigenvalue weighted by Gasteiger charge is 2.32. The molecule has 6 heteroatoms. The molecule has 2 aromatic heterocycles. The first-order chi connectivity index (χ1) is 11.5. The number of anilines is 1. The average Bonchev–Trinajstić information content (AvgIpc) is 3.06. The Kier molecular flexibility index (Phi) is 4.76. The van der Waals surface area contributed by atoms with Crippen LogP contribution in [0, 0.1) is 0 Å². The summed E-state index contributed by atoms with van der Waals surface area (Å²) in [6.45, 7) is 5.21. The fourth-order valence-electron chi connectivity index (χ4n) is 3.09. The van der Waals surface area contributed by atoms with Crippen molar-refractivity contribution in [2.45, 2.75) is 38.8 Å². The van der Waals surface area contributed by atoms with E-state index in [2.05, 4.69) is 29.0 Å². The maximum absolute atomic E-state index is 12.5. The lowest BCUT2D eigenvalue weighted by atomic mass is 10.2. The zero-order chi connectivity index (χ0) is 17.1. The minimum atomic E-state index is -0.0661. The monoisotopic (exact) mass is 326 g/mol. The van der Waals surface area contributed by atoms with Gasteiger partial charge in [-0.2, -0.15) is 0 Å². The number of pyridine rings is 2. The molecule has 1 N–H and O–H groups in total. The van der Waals surface area contributed by atoms with Crippen LogP contribution in [0.15, 0.2) is 47.7 Å². The zero-order valence-electron chi connectivity index (χ0n) is 14.0. The first-order valence-corrected chi connectivity index (χ1v) is 8.26. The Morgan fingerprint density at radius 3 is 2.62 bits per heavy atom. The number of nitrogens with one attached hydrogen (secondary N) is 1. The smallest absolute Gasteiger partial charge is 0.241 e.